The maximum absolute atomic E-state index is 11.6. The van der Waals surface area contributed by atoms with E-state index in [9.17, 15) is 4.79 Å². The monoisotopic (exact) mass is 255 g/mol. The molecule has 1 amide bonds. The fourth-order valence-corrected chi connectivity index (χ4v) is 2.99. The van der Waals surface area contributed by atoms with Crippen LogP contribution in [-0.4, -0.2) is 22.7 Å². The van der Waals surface area contributed by atoms with Gasteiger partial charge in [0, 0.05) is 22.9 Å². The molecular formula is C12H14ClNOS. The van der Waals surface area contributed by atoms with E-state index in [4.69, 9.17) is 11.6 Å². The second kappa shape index (κ2) is 5.11. The lowest BCUT2D eigenvalue weighted by atomic mass is 10.4. The van der Waals surface area contributed by atoms with Gasteiger partial charge in [-0.25, -0.2) is 0 Å². The third-order valence-corrected chi connectivity index (χ3v) is 4.06. The van der Waals surface area contributed by atoms with Crippen molar-refractivity contribution < 1.29 is 4.79 Å². The van der Waals surface area contributed by atoms with E-state index >= 15 is 0 Å². The number of benzene rings is 1. The van der Waals surface area contributed by atoms with Crippen molar-refractivity contribution in [1.82, 2.24) is 4.90 Å². The molecule has 0 bridgehead atoms. The topological polar surface area (TPSA) is 20.3 Å². The van der Waals surface area contributed by atoms with Crippen LogP contribution in [0.1, 0.15) is 19.8 Å². The predicted molar refractivity (Wildman–Crippen MR) is 67.7 cm³/mol. The van der Waals surface area contributed by atoms with Crippen LogP contribution in [0.5, 0.6) is 0 Å². The first kappa shape index (κ1) is 11.8. The molecule has 86 valence electrons. The molecule has 1 heterocycles. The Balaban J connectivity index is 1.98. The number of hydrogen-bond donors (Lipinski definition) is 0. The minimum absolute atomic E-state index is 0.205. The van der Waals surface area contributed by atoms with Gasteiger partial charge in [0.2, 0.25) is 5.91 Å². The second-order valence-corrected chi connectivity index (χ2v) is 5.69. The number of thioether (sulfide) groups is 1. The van der Waals surface area contributed by atoms with Crippen LogP contribution >= 0.6 is 23.4 Å². The van der Waals surface area contributed by atoms with E-state index in [1.807, 2.05) is 29.2 Å². The number of carbonyl (C=O) groups excluding carboxylic acids is 1. The fourth-order valence-electron chi connectivity index (χ4n) is 1.83. The molecule has 0 aromatic heterocycles. The zero-order chi connectivity index (χ0) is 11.5. The molecule has 2 rings (SSSR count). The van der Waals surface area contributed by atoms with E-state index in [2.05, 4.69) is 6.92 Å². The van der Waals surface area contributed by atoms with Crippen molar-refractivity contribution in [2.75, 3.05) is 6.54 Å². The third kappa shape index (κ3) is 2.71. The first-order valence-corrected chi connectivity index (χ1v) is 6.64. The molecule has 1 fully saturated rings. The minimum Gasteiger partial charge on any atom is -0.331 e. The van der Waals surface area contributed by atoms with Gasteiger partial charge in [-0.05, 0) is 37.6 Å². The first-order chi connectivity index (χ1) is 7.66. The Morgan fingerprint density at radius 2 is 2.06 bits per heavy atom. The SMILES string of the molecule is CC(Sc1ccc(Cl)cc1)N1CCCC1=O. The molecule has 0 spiro atoms. The van der Waals surface area contributed by atoms with E-state index in [1.165, 1.54) is 0 Å². The van der Waals surface area contributed by atoms with Crippen LogP contribution in [0.25, 0.3) is 0 Å². The maximum atomic E-state index is 11.6. The summed E-state index contributed by atoms with van der Waals surface area (Å²) in [5, 5.41) is 0.949. The van der Waals surface area contributed by atoms with Crippen molar-refractivity contribution in [2.45, 2.75) is 30.0 Å². The number of hydrogen-bond acceptors (Lipinski definition) is 2. The van der Waals surface area contributed by atoms with Crippen LogP contribution in [0.2, 0.25) is 5.02 Å². The Kier molecular flexibility index (Phi) is 3.77. The van der Waals surface area contributed by atoms with Crippen LogP contribution in [0.4, 0.5) is 0 Å². The molecule has 1 aromatic rings. The summed E-state index contributed by atoms with van der Waals surface area (Å²) in [6, 6.07) is 7.74. The van der Waals surface area contributed by atoms with Gasteiger partial charge < -0.3 is 4.90 Å². The van der Waals surface area contributed by atoms with Crippen LogP contribution in [0, 0.1) is 0 Å². The highest BCUT2D eigenvalue weighted by Gasteiger charge is 2.25. The lowest BCUT2D eigenvalue weighted by Gasteiger charge is -2.23. The molecule has 1 unspecified atom stereocenters. The van der Waals surface area contributed by atoms with Crippen molar-refractivity contribution >= 4 is 29.3 Å². The van der Waals surface area contributed by atoms with Crippen LogP contribution < -0.4 is 0 Å². The van der Waals surface area contributed by atoms with Crippen molar-refractivity contribution in [3.8, 4) is 0 Å². The van der Waals surface area contributed by atoms with Gasteiger partial charge in [0.25, 0.3) is 0 Å². The highest BCUT2D eigenvalue weighted by atomic mass is 35.5. The Hall–Kier alpha value is -0.670. The van der Waals surface area contributed by atoms with E-state index in [0.717, 1.165) is 22.9 Å². The van der Waals surface area contributed by atoms with E-state index in [1.54, 1.807) is 11.8 Å². The van der Waals surface area contributed by atoms with Crippen LogP contribution in [0.15, 0.2) is 29.2 Å². The molecule has 1 saturated heterocycles. The lowest BCUT2D eigenvalue weighted by Crippen LogP contribution is -2.31. The third-order valence-electron chi connectivity index (χ3n) is 2.67. The summed E-state index contributed by atoms with van der Waals surface area (Å²) in [7, 11) is 0. The molecule has 16 heavy (non-hydrogen) atoms. The molecule has 2 nitrogen and oxygen atoms in total. The minimum atomic E-state index is 0.205. The van der Waals surface area contributed by atoms with E-state index < -0.39 is 0 Å². The molecule has 1 aromatic carbocycles. The lowest BCUT2D eigenvalue weighted by molar-refractivity contribution is -0.128. The smallest absolute Gasteiger partial charge is 0.223 e. The normalized spacial score (nSPS) is 17.9. The quantitative estimate of drug-likeness (QED) is 0.772. The molecule has 1 aliphatic heterocycles. The largest absolute Gasteiger partial charge is 0.331 e. The van der Waals surface area contributed by atoms with Gasteiger partial charge >= 0.3 is 0 Å². The fraction of sp³-hybridized carbons (Fsp3) is 0.417. The number of nitrogens with zero attached hydrogens (tertiary/aromatic N) is 1. The van der Waals surface area contributed by atoms with Gasteiger partial charge in [-0.15, -0.1) is 11.8 Å². The van der Waals surface area contributed by atoms with Gasteiger partial charge in [0.1, 0.15) is 0 Å². The number of rotatable bonds is 3. The van der Waals surface area contributed by atoms with Gasteiger partial charge in [-0.3, -0.25) is 4.79 Å². The summed E-state index contributed by atoms with van der Waals surface area (Å²) in [5.41, 5.74) is 0. The van der Waals surface area contributed by atoms with Crippen LogP contribution in [0.3, 0.4) is 0 Å². The maximum Gasteiger partial charge on any atom is 0.223 e. The molecule has 1 aliphatic rings. The molecule has 0 aliphatic carbocycles. The standard InChI is InChI=1S/C12H14ClNOS/c1-9(14-8-2-3-12(14)15)16-11-6-4-10(13)5-7-11/h4-7,9H,2-3,8H2,1H3. The second-order valence-electron chi connectivity index (χ2n) is 3.86. The zero-order valence-electron chi connectivity index (χ0n) is 9.15. The Morgan fingerprint density at radius 3 is 2.62 bits per heavy atom. The first-order valence-electron chi connectivity index (χ1n) is 5.38. The zero-order valence-corrected chi connectivity index (χ0v) is 10.7. The summed E-state index contributed by atoms with van der Waals surface area (Å²) in [6.07, 6.45) is 1.69. The number of amides is 1. The number of halogens is 1. The Morgan fingerprint density at radius 1 is 1.38 bits per heavy atom. The van der Waals surface area contributed by atoms with Gasteiger partial charge in [0.05, 0.1) is 5.37 Å². The molecule has 4 heteroatoms. The molecular weight excluding hydrogens is 242 g/mol. The average Bonchev–Trinajstić information content (AvgIpc) is 2.68. The Labute approximate surface area is 105 Å². The molecule has 0 N–H and O–H groups in total. The highest BCUT2D eigenvalue weighted by Crippen LogP contribution is 2.29. The molecule has 0 radical (unpaired) electrons. The predicted octanol–water partition coefficient (Wildman–Crippen LogP) is 3.40. The summed E-state index contributed by atoms with van der Waals surface area (Å²) in [5.74, 6) is 0.272. The van der Waals surface area contributed by atoms with Gasteiger partial charge in [-0.2, -0.15) is 0 Å². The average molecular weight is 256 g/mol. The number of likely N-dealkylation sites (tertiary alicyclic amines) is 1. The van der Waals surface area contributed by atoms with Crippen molar-refractivity contribution in [3.05, 3.63) is 29.3 Å². The van der Waals surface area contributed by atoms with Crippen molar-refractivity contribution in [3.63, 3.8) is 0 Å². The summed E-state index contributed by atoms with van der Waals surface area (Å²) in [4.78, 5) is 14.6. The van der Waals surface area contributed by atoms with E-state index in [-0.39, 0.29) is 11.3 Å². The van der Waals surface area contributed by atoms with Gasteiger partial charge in [0.15, 0.2) is 0 Å². The van der Waals surface area contributed by atoms with Crippen molar-refractivity contribution in [2.24, 2.45) is 0 Å². The molecule has 0 saturated carbocycles. The summed E-state index contributed by atoms with van der Waals surface area (Å²) >= 11 is 7.52. The van der Waals surface area contributed by atoms with Crippen molar-refractivity contribution in [1.29, 1.82) is 0 Å². The summed E-state index contributed by atoms with van der Waals surface area (Å²) in [6.45, 7) is 2.96. The van der Waals surface area contributed by atoms with Crippen LogP contribution in [-0.2, 0) is 4.79 Å². The van der Waals surface area contributed by atoms with E-state index in [0.29, 0.717) is 6.42 Å². The molecule has 1 atom stereocenters. The highest BCUT2D eigenvalue weighted by molar-refractivity contribution is 7.99. The Bertz CT molecular complexity index is 379. The summed E-state index contributed by atoms with van der Waals surface area (Å²) < 4.78 is 0. The number of carbonyl (C=O) groups is 1. The van der Waals surface area contributed by atoms with Gasteiger partial charge in [-0.1, -0.05) is 11.6 Å².